The quantitative estimate of drug-likeness (QED) is 0.475. The third-order valence-electron chi connectivity index (χ3n) is 5.22. The number of ether oxygens (including phenoxy) is 1. The summed E-state index contributed by atoms with van der Waals surface area (Å²) in [5.74, 6) is 1.78. The molecular weight excluding hydrogens is 354 g/mol. The van der Waals surface area contributed by atoms with Gasteiger partial charge >= 0.3 is 0 Å². The topological polar surface area (TPSA) is 22.1 Å². The molecule has 146 valence electrons. The fourth-order valence-electron chi connectivity index (χ4n) is 3.52. The highest BCUT2D eigenvalue weighted by Gasteiger charge is 2.14. The Kier molecular flexibility index (Phi) is 5.35. The van der Waals surface area contributed by atoms with Gasteiger partial charge in [-0.05, 0) is 65.6 Å². The fourth-order valence-corrected chi connectivity index (χ4v) is 3.52. The van der Waals surface area contributed by atoms with Gasteiger partial charge in [0.1, 0.15) is 11.5 Å². The van der Waals surface area contributed by atoms with Gasteiger partial charge in [-0.2, -0.15) is 0 Å². The lowest BCUT2D eigenvalue weighted by Gasteiger charge is -2.20. The Labute approximate surface area is 173 Å². The first-order valence-corrected chi connectivity index (χ1v) is 10.2. The Balaban J connectivity index is 1.55. The van der Waals surface area contributed by atoms with Crippen LogP contribution in [0.1, 0.15) is 44.9 Å². The minimum Gasteiger partial charge on any atom is -0.457 e. The van der Waals surface area contributed by atoms with E-state index in [1.807, 2.05) is 12.3 Å². The molecule has 0 radical (unpaired) electrons. The summed E-state index contributed by atoms with van der Waals surface area (Å²) in [7, 11) is 0. The van der Waals surface area contributed by atoms with Gasteiger partial charge in [-0.15, -0.1) is 0 Å². The molecule has 0 N–H and O–H groups in total. The number of aromatic nitrogens is 1. The molecule has 1 aliphatic rings. The Morgan fingerprint density at radius 1 is 0.862 bits per heavy atom. The number of nitrogens with zero attached hydrogens (tertiary/aromatic N) is 1. The summed E-state index contributed by atoms with van der Waals surface area (Å²) in [6.07, 6.45) is 12.5. The van der Waals surface area contributed by atoms with Gasteiger partial charge in [-0.1, -0.05) is 63.2 Å². The van der Waals surface area contributed by atoms with Crippen molar-refractivity contribution in [3.8, 4) is 5.75 Å². The molecule has 0 aliphatic heterocycles. The van der Waals surface area contributed by atoms with Gasteiger partial charge in [0.25, 0.3) is 0 Å². The third kappa shape index (κ3) is 4.48. The van der Waals surface area contributed by atoms with Crippen LogP contribution in [0.15, 0.2) is 90.4 Å². The molecule has 0 bridgehead atoms. The van der Waals surface area contributed by atoms with Gasteiger partial charge in [0.2, 0.25) is 0 Å². The number of pyridine rings is 1. The molecule has 0 saturated carbocycles. The van der Waals surface area contributed by atoms with Crippen molar-refractivity contribution < 1.29 is 4.74 Å². The first-order chi connectivity index (χ1) is 14.0. The predicted molar refractivity (Wildman–Crippen MR) is 122 cm³/mol. The molecule has 2 nitrogen and oxygen atoms in total. The number of allylic oxidation sites excluding steroid dienone is 3. The maximum absolute atomic E-state index is 6.23. The van der Waals surface area contributed by atoms with Crippen molar-refractivity contribution in [1.82, 2.24) is 4.98 Å². The third-order valence-corrected chi connectivity index (χ3v) is 5.22. The highest BCUT2D eigenvalue weighted by atomic mass is 16.5. The van der Waals surface area contributed by atoms with Crippen molar-refractivity contribution in [2.24, 2.45) is 0 Å². The van der Waals surface area contributed by atoms with Crippen LogP contribution < -0.4 is 4.74 Å². The van der Waals surface area contributed by atoms with Crippen LogP contribution in [0.3, 0.4) is 0 Å². The van der Waals surface area contributed by atoms with Gasteiger partial charge in [0, 0.05) is 17.2 Å². The van der Waals surface area contributed by atoms with Crippen molar-refractivity contribution in [2.75, 3.05) is 0 Å². The van der Waals surface area contributed by atoms with Crippen LogP contribution in [0.5, 0.6) is 5.75 Å². The molecule has 1 heterocycles. The Morgan fingerprint density at radius 2 is 1.62 bits per heavy atom. The van der Waals surface area contributed by atoms with Gasteiger partial charge in [0.05, 0.1) is 5.69 Å². The molecule has 2 heteroatoms. The Morgan fingerprint density at radius 3 is 2.41 bits per heavy atom. The van der Waals surface area contributed by atoms with Gasteiger partial charge in [-0.25, -0.2) is 0 Å². The summed E-state index contributed by atoms with van der Waals surface area (Å²) in [5.41, 5.74) is 3.52. The molecule has 0 atom stereocenters. The zero-order valence-corrected chi connectivity index (χ0v) is 17.4. The normalized spacial score (nSPS) is 14.7. The largest absolute Gasteiger partial charge is 0.457 e. The van der Waals surface area contributed by atoms with Crippen LogP contribution in [-0.4, -0.2) is 4.98 Å². The summed E-state index contributed by atoms with van der Waals surface area (Å²) in [6, 6.07) is 18.8. The molecule has 0 spiro atoms. The molecule has 0 unspecified atom stereocenters. The Hall–Kier alpha value is -3.13. The minimum absolute atomic E-state index is 0.141. The Bertz CT molecular complexity index is 1090. The summed E-state index contributed by atoms with van der Waals surface area (Å²) in [6.45, 7) is 6.67. The number of fused-ring (bicyclic) bond motifs is 1. The molecule has 0 fully saturated rings. The second-order valence-corrected chi connectivity index (χ2v) is 8.43. The SMILES string of the molecule is CC(C)(C)c1ccc(OC2=CCCC=C2/C=C/c2nccc3ccccc23)cc1. The standard InChI is InChI=1S/C27H27NO/c1-27(2,3)22-13-15-23(16-14-22)29-26-11-7-5-9-21(26)12-17-25-24-10-6-4-8-20(24)18-19-28-25/h4,6,8-19H,5,7H2,1-3H3/b17-12+. The average molecular weight is 382 g/mol. The molecule has 1 aliphatic carbocycles. The maximum atomic E-state index is 6.23. The molecule has 4 rings (SSSR count). The summed E-state index contributed by atoms with van der Waals surface area (Å²) < 4.78 is 6.23. The minimum atomic E-state index is 0.141. The van der Waals surface area contributed by atoms with E-state index in [1.165, 1.54) is 10.9 Å². The van der Waals surface area contributed by atoms with E-state index in [-0.39, 0.29) is 5.41 Å². The van der Waals surface area contributed by atoms with Crippen molar-refractivity contribution in [3.63, 3.8) is 0 Å². The number of benzene rings is 2. The monoisotopic (exact) mass is 381 g/mol. The van der Waals surface area contributed by atoms with E-state index in [2.05, 4.69) is 98.6 Å². The van der Waals surface area contributed by atoms with Crippen LogP contribution in [-0.2, 0) is 5.41 Å². The summed E-state index contributed by atoms with van der Waals surface area (Å²) >= 11 is 0. The van der Waals surface area contributed by atoms with Gasteiger partial charge in [-0.3, -0.25) is 4.98 Å². The van der Waals surface area contributed by atoms with Crippen LogP contribution in [0.4, 0.5) is 0 Å². The molecule has 0 amide bonds. The van der Waals surface area contributed by atoms with Crippen LogP contribution >= 0.6 is 0 Å². The number of hydrogen-bond donors (Lipinski definition) is 0. The van der Waals surface area contributed by atoms with Crippen LogP contribution in [0, 0.1) is 0 Å². The number of rotatable bonds is 4. The molecule has 1 aromatic heterocycles. The maximum Gasteiger partial charge on any atom is 0.130 e. The molecule has 0 saturated heterocycles. The predicted octanol–water partition coefficient (Wildman–Crippen LogP) is 7.23. The summed E-state index contributed by atoms with van der Waals surface area (Å²) in [5, 5.41) is 2.36. The zero-order valence-electron chi connectivity index (χ0n) is 17.4. The lowest BCUT2D eigenvalue weighted by atomic mass is 9.87. The average Bonchev–Trinajstić information content (AvgIpc) is 2.73. The van der Waals surface area contributed by atoms with E-state index in [1.54, 1.807) is 0 Å². The lowest BCUT2D eigenvalue weighted by Crippen LogP contribution is -2.10. The molecule has 2 aromatic carbocycles. The fraction of sp³-hybridized carbons (Fsp3) is 0.222. The van der Waals surface area contributed by atoms with E-state index in [9.17, 15) is 0 Å². The van der Waals surface area contributed by atoms with Crippen molar-refractivity contribution in [1.29, 1.82) is 0 Å². The van der Waals surface area contributed by atoms with E-state index in [0.717, 1.165) is 41.0 Å². The van der Waals surface area contributed by atoms with E-state index in [4.69, 9.17) is 4.74 Å². The second kappa shape index (κ2) is 8.08. The summed E-state index contributed by atoms with van der Waals surface area (Å²) in [4.78, 5) is 4.56. The first-order valence-electron chi connectivity index (χ1n) is 10.2. The van der Waals surface area contributed by atoms with E-state index >= 15 is 0 Å². The molecule has 29 heavy (non-hydrogen) atoms. The van der Waals surface area contributed by atoms with Crippen molar-refractivity contribution in [3.05, 3.63) is 102 Å². The highest BCUT2D eigenvalue weighted by molar-refractivity contribution is 5.89. The van der Waals surface area contributed by atoms with Crippen molar-refractivity contribution in [2.45, 2.75) is 39.0 Å². The smallest absolute Gasteiger partial charge is 0.130 e. The van der Waals surface area contributed by atoms with Gasteiger partial charge in [0.15, 0.2) is 0 Å². The highest BCUT2D eigenvalue weighted by Crippen LogP contribution is 2.28. The van der Waals surface area contributed by atoms with Gasteiger partial charge < -0.3 is 4.74 Å². The first kappa shape index (κ1) is 19.2. The van der Waals surface area contributed by atoms with Crippen molar-refractivity contribution >= 4 is 16.8 Å². The number of hydrogen-bond acceptors (Lipinski definition) is 2. The second-order valence-electron chi connectivity index (χ2n) is 8.43. The molecule has 3 aromatic rings. The van der Waals surface area contributed by atoms with E-state index in [0.29, 0.717) is 0 Å². The van der Waals surface area contributed by atoms with E-state index < -0.39 is 0 Å². The molecular formula is C27H27NO. The van der Waals surface area contributed by atoms with Crippen LogP contribution in [0.2, 0.25) is 0 Å². The van der Waals surface area contributed by atoms with Crippen LogP contribution in [0.25, 0.3) is 16.8 Å². The lowest BCUT2D eigenvalue weighted by molar-refractivity contribution is 0.432. The zero-order chi connectivity index (χ0) is 20.3.